The molecule has 1 aliphatic heterocycles. The number of hydrogen-bond donors (Lipinski definition) is 1. The van der Waals surface area contributed by atoms with E-state index in [4.69, 9.17) is 0 Å². The van der Waals surface area contributed by atoms with E-state index in [-0.39, 0.29) is 17.4 Å². The van der Waals surface area contributed by atoms with Gasteiger partial charge in [-0.15, -0.1) is 0 Å². The number of amidine groups is 1. The minimum Gasteiger partial charge on any atom is -0.508 e. The Morgan fingerprint density at radius 1 is 1.21 bits per heavy atom. The monoisotopic (exact) mass is 394 g/mol. The zero-order chi connectivity index (χ0) is 20.1. The lowest BCUT2D eigenvalue weighted by Crippen LogP contribution is -2.30. The molecule has 0 atom stereocenters. The van der Waals surface area contributed by atoms with Crippen molar-refractivity contribution in [1.29, 1.82) is 0 Å². The van der Waals surface area contributed by atoms with Gasteiger partial charge in [0.1, 0.15) is 5.75 Å². The van der Waals surface area contributed by atoms with E-state index in [0.29, 0.717) is 27.9 Å². The first kappa shape index (κ1) is 19.9. The Morgan fingerprint density at radius 3 is 2.64 bits per heavy atom. The summed E-state index contributed by atoms with van der Waals surface area (Å²) in [7, 11) is 0. The van der Waals surface area contributed by atoms with Crippen LogP contribution in [0, 0.1) is 0 Å². The first-order valence-electron chi connectivity index (χ1n) is 9.18. The second-order valence-corrected chi connectivity index (χ2v) is 7.52. The van der Waals surface area contributed by atoms with Crippen LogP contribution in [0.4, 0.5) is 5.69 Å². The predicted octanol–water partition coefficient (Wildman–Crippen LogP) is 5.00. The molecule has 6 heteroatoms. The van der Waals surface area contributed by atoms with Crippen molar-refractivity contribution in [3.8, 4) is 5.75 Å². The molecule has 1 N–H and O–H groups in total. The van der Waals surface area contributed by atoms with Crippen LogP contribution in [-0.4, -0.2) is 33.4 Å². The van der Waals surface area contributed by atoms with Crippen molar-refractivity contribution in [2.24, 2.45) is 4.99 Å². The summed E-state index contributed by atoms with van der Waals surface area (Å²) in [4.78, 5) is 31.5. The van der Waals surface area contributed by atoms with E-state index < -0.39 is 0 Å². The second-order valence-electron chi connectivity index (χ2n) is 6.51. The van der Waals surface area contributed by atoms with Crippen LogP contribution < -0.4 is 0 Å². The van der Waals surface area contributed by atoms with Crippen LogP contribution in [0.3, 0.4) is 0 Å². The van der Waals surface area contributed by atoms with Crippen molar-refractivity contribution in [2.45, 2.75) is 26.7 Å². The zero-order valence-electron chi connectivity index (χ0n) is 15.9. The Balaban J connectivity index is 1.94. The summed E-state index contributed by atoms with van der Waals surface area (Å²) in [6, 6.07) is 13.8. The number of aromatic hydroxyl groups is 1. The molecule has 0 bridgehead atoms. The fraction of sp³-hybridized carbons (Fsp3) is 0.227. The maximum absolute atomic E-state index is 12.9. The van der Waals surface area contributed by atoms with Crippen LogP contribution in [0.25, 0.3) is 6.08 Å². The van der Waals surface area contributed by atoms with Crippen LogP contribution in [0.1, 0.15) is 42.6 Å². The number of aliphatic imine (C=N–C) groups is 1. The van der Waals surface area contributed by atoms with Crippen LogP contribution in [0.15, 0.2) is 58.4 Å². The van der Waals surface area contributed by atoms with E-state index in [9.17, 15) is 14.7 Å². The van der Waals surface area contributed by atoms with Gasteiger partial charge in [-0.1, -0.05) is 37.6 Å². The molecule has 1 aliphatic rings. The van der Waals surface area contributed by atoms with Gasteiger partial charge in [-0.05, 0) is 61.0 Å². The molecular formula is C22H22N2O3S. The lowest BCUT2D eigenvalue weighted by molar-refractivity contribution is -0.122. The van der Waals surface area contributed by atoms with Gasteiger partial charge in [0.2, 0.25) is 0 Å². The van der Waals surface area contributed by atoms with E-state index in [0.717, 1.165) is 18.4 Å². The highest BCUT2D eigenvalue weighted by molar-refractivity contribution is 8.18. The molecule has 2 aromatic rings. The number of hydrogen-bond acceptors (Lipinski definition) is 5. The van der Waals surface area contributed by atoms with Gasteiger partial charge in [0.05, 0.1) is 10.6 Å². The molecule has 1 saturated heterocycles. The molecule has 1 amide bonds. The minimum absolute atomic E-state index is 0.0204. The Kier molecular flexibility index (Phi) is 6.31. The van der Waals surface area contributed by atoms with Crippen LogP contribution >= 0.6 is 11.8 Å². The molecule has 0 saturated carbocycles. The lowest BCUT2D eigenvalue weighted by atomic mass is 10.1. The van der Waals surface area contributed by atoms with Crippen molar-refractivity contribution < 1.29 is 14.7 Å². The van der Waals surface area contributed by atoms with Gasteiger partial charge in [0, 0.05) is 12.1 Å². The highest BCUT2D eigenvalue weighted by Gasteiger charge is 2.32. The molecule has 28 heavy (non-hydrogen) atoms. The van der Waals surface area contributed by atoms with Gasteiger partial charge in [0.15, 0.2) is 11.0 Å². The summed E-state index contributed by atoms with van der Waals surface area (Å²) in [5, 5.41) is 10.0. The average Bonchev–Trinajstić information content (AvgIpc) is 2.96. The standard InChI is InChI=1S/C22H22N2O3S/c1-3-4-12-24-21(27)20(13-16-8-10-19(26)11-9-16)28-22(24)23-18-7-5-6-17(14-18)15(2)25/h5-11,13-14,26H,3-4,12H2,1-2H3/b20-13-,23-22?. The zero-order valence-corrected chi connectivity index (χ0v) is 16.7. The van der Waals surface area contributed by atoms with Crippen molar-refractivity contribution in [3.05, 3.63) is 64.6 Å². The fourth-order valence-corrected chi connectivity index (χ4v) is 3.76. The summed E-state index contributed by atoms with van der Waals surface area (Å²) >= 11 is 1.33. The number of unbranched alkanes of at least 4 members (excludes halogenated alkanes) is 1. The van der Waals surface area contributed by atoms with E-state index in [1.807, 2.05) is 6.07 Å². The third kappa shape index (κ3) is 4.70. The van der Waals surface area contributed by atoms with Gasteiger partial charge in [0.25, 0.3) is 5.91 Å². The van der Waals surface area contributed by atoms with E-state index in [2.05, 4.69) is 11.9 Å². The number of carbonyl (C=O) groups excluding carboxylic acids is 2. The molecule has 5 nitrogen and oxygen atoms in total. The van der Waals surface area contributed by atoms with E-state index >= 15 is 0 Å². The molecular weight excluding hydrogens is 372 g/mol. The number of Topliss-reactive ketones (excluding diaryl/α,β-unsaturated/α-hetero) is 1. The van der Waals surface area contributed by atoms with Gasteiger partial charge in [-0.25, -0.2) is 4.99 Å². The summed E-state index contributed by atoms with van der Waals surface area (Å²) in [5.74, 6) is 0.0886. The van der Waals surface area contributed by atoms with Crippen molar-refractivity contribution in [3.63, 3.8) is 0 Å². The quantitative estimate of drug-likeness (QED) is 0.553. The highest BCUT2D eigenvalue weighted by atomic mass is 32.2. The van der Waals surface area contributed by atoms with Gasteiger partial charge < -0.3 is 5.11 Å². The normalized spacial score (nSPS) is 16.9. The van der Waals surface area contributed by atoms with E-state index in [1.165, 1.54) is 18.7 Å². The summed E-state index contributed by atoms with van der Waals surface area (Å²) in [5.41, 5.74) is 2.08. The predicted molar refractivity (Wildman–Crippen MR) is 114 cm³/mol. The topological polar surface area (TPSA) is 70.0 Å². The number of phenols is 1. The Morgan fingerprint density at radius 2 is 1.96 bits per heavy atom. The molecule has 0 aliphatic carbocycles. The second kappa shape index (κ2) is 8.89. The maximum Gasteiger partial charge on any atom is 0.266 e. The lowest BCUT2D eigenvalue weighted by Gasteiger charge is -2.14. The molecule has 1 heterocycles. The average molecular weight is 394 g/mol. The maximum atomic E-state index is 12.9. The number of rotatable bonds is 6. The third-order valence-electron chi connectivity index (χ3n) is 4.29. The van der Waals surface area contributed by atoms with Crippen LogP contribution in [0.5, 0.6) is 5.75 Å². The number of carbonyl (C=O) groups is 2. The summed E-state index contributed by atoms with van der Waals surface area (Å²) < 4.78 is 0. The molecule has 0 spiro atoms. The van der Waals surface area contributed by atoms with Gasteiger partial charge in [-0.2, -0.15) is 0 Å². The number of amides is 1. The first-order valence-corrected chi connectivity index (χ1v) is 9.99. The molecule has 0 aromatic heterocycles. The molecule has 1 fully saturated rings. The van der Waals surface area contributed by atoms with Crippen molar-refractivity contribution in [1.82, 2.24) is 4.90 Å². The number of phenolic OH excluding ortho intramolecular Hbond substituents is 1. The highest BCUT2D eigenvalue weighted by Crippen LogP contribution is 2.34. The fourth-order valence-electron chi connectivity index (χ4n) is 2.73. The smallest absolute Gasteiger partial charge is 0.266 e. The molecule has 0 unspecified atom stereocenters. The summed E-state index contributed by atoms with van der Waals surface area (Å²) in [6.45, 7) is 4.20. The third-order valence-corrected chi connectivity index (χ3v) is 5.30. The number of nitrogens with zero attached hydrogens (tertiary/aromatic N) is 2. The van der Waals surface area contributed by atoms with Crippen LogP contribution in [-0.2, 0) is 4.79 Å². The van der Waals surface area contributed by atoms with Crippen LogP contribution in [0.2, 0.25) is 0 Å². The molecule has 0 radical (unpaired) electrons. The molecule has 2 aromatic carbocycles. The molecule has 3 rings (SSSR count). The summed E-state index contributed by atoms with van der Waals surface area (Å²) in [6.07, 6.45) is 3.66. The Labute approximate surface area is 168 Å². The van der Waals surface area contributed by atoms with E-state index in [1.54, 1.807) is 53.4 Å². The van der Waals surface area contributed by atoms with Crippen molar-refractivity contribution >= 4 is 40.4 Å². The molecule has 144 valence electrons. The van der Waals surface area contributed by atoms with Gasteiger partial charge in [-0.3, -0.25) is 14.5 Å². The first-order chi connectivity index (χ1) is 13.5. The Hall–Kier alpha value is -2.86. The minimum atomic E-state index is -0.0759. The number of benzene rings is 2. The Bertz CT molecular complexity index is 949. The van der Waals surface area contributed by atoms with Crippen molar-refractivity contribution in [2.75, 3.05) is 6.54 Å². The van der Waals surface area contributed by atoms with Gasteiger partial charge >= 0.3 is 0 Å². The number of thioether (sulfide) groups is 1. The largest absolute Gasteiger partial charge is 0.508 e. The number of ketones is 1. The SMILES string of the molecule is CCCCN1C(=O)/C(=C/c2ccc(O)cc2)SC1=Nc1cccc(C(C)=O)c1.